The first-order chi connectivity index (χ1) is 16.0. The molecule has 1 aliphatic rings. The van der Waals surface area contributed by atoms with Crippen molar-refractivity contribution in [2.75, 3.05) is 11.9 Å². The van der Waals surface area contributed by atoms with Crippen molar-refractivity contribution in [3.05, 3.63) is 90.5 Å². The van der Waals surface area contributed by atoms with E-state index in [2.05, 4.69) is 10.6 Å². The number of anilines is 1. The first kappa shape index (κ1) is 22.6. The van der Waals surface area contributed by atoms with Crippen LogP contribution in [0.15, 0.2) is 94.7 Å². The molecule has 6 nitrogen and oxygen atoms in total. The third-order valence-corrected chi connectivity index (χ3v) is 6.58. The maximum absolute atomic E-state index is 13.4. The van der Waals surface area contributed by atoms with Crippen LogP contribution < -0.4 is 10.6 Å². The number of hydrogen-bond donors (Lipinski definition) is 2. The molecule has 1 saturated heterocycles. The molecule has 0 spiro atoms. The Kier molecular flexibility index (Phi) is 6.79. The summed E-state index contributed by atoms with van der Waals surface area (Å²) < 4.78 is 0. The molecule has 4 amide bonds. The molecule has 0 saturated carbocycles. The zero-order chi connectivity index (χ0) is 23.3. The first-order valence-electron chi connectivity index (χ1n) is 10.8. The van der Waals surface area contributed by atoms with Gasteiger partial charge in [0, 0.05) is 9.79 Å². The number of benzene rings is 3. The smallest absolute Gasteiger partial charge is 0.323 e. The molecule has 4 rings (SSSR count). The number of imide groups is 1. The average Bonchev–Trinajstić information content (AvgIpc) is 3.07. The molecule has 1 unspecified atom stereocenters. The average molecular weight is 460 g/mol. The van der Waals surface area contributed by atoms with Gasteiger partial charge in [0.25, 0.3) is 5.91 Å². The van der Waals surface area contributed by atoms with Gasteiger partial charge < -0.3 is 10.6 Å². The Hall–Kier alpha value is -3.58. The van der Waals surface area contributed by atoms with Gasteiger partial charge in [-0.15, -0.1) is 0 Å². The molecule has 1 aliphatic heterocycles. The monoisotopic (exact) mass is 459 g/mol. The number of nitrogens with zero attached hydrogens (tertiary/aromatic N) is 1. The van der Waals surface area contributed by atoms with E-state index < -0.39 is 23.4 Å². The van der Waals surface area contributed by atoms with Crippen LogP contribution in [0, 0.1) is 0 Å². The summed E-state index contributed by atoms with van der Waals surface area (Å²) in [7, 11) is 0. The first-order valence-corrected chi connectivity index (χ1v) is 11.7. The molecular weight excluding hydrogens is 434 g/mol. The van der Waals surface area contributed by atoms with Crippen LogP contribution in [0.1, 0.15) is 25.3 Å². The van der Waals surface area contributed by atoms with Gasteiger partial charge in [0.05, 0.1) is 5.69 Å². The molecule has 7 heteroatoms. The second-order valence-corrected chi connectivity index (χ2v) is 8.92. The van der Waals surface area contributed by atoms with Crippen molar-refractivity contribution in [2.24, 2.45) is 0 Å². The van der Waals surface area contributed by atoms with Crippen molar-refractivity contribution in [1.82, 2.24) is 10.2 Å². The molecule has 1 fully saturated rings. The molecule has 0 bridgehead atoms. The van der Waals surface area contributed by atoms with Gasteiger partial charge in [-0.05, 0) is 36.2 Å². The van der Waals surface area contributed by atoms with Gasteiger partial charge in [-0.25, -0.2) is 4.79 Å². The molecule has 0 aliphatic carbocycles. The number of urea groups is 1. The number of amides is 4. The highest BCUT2D eigenvalue weighted by atomic mass is 32.2. The quantitative estimate of drug-likeness (QED) is 0.464. The summed E-state index contributed by atoms with van der Waals surface area (Å²) in [5, 5.41) is 5.72. The summed E-state index contributed by atoms with van der Waals surface area (Å²) in [6.45, 7) is 1.61. The second-order valence-electron chi connectivity index (χ2n) is 7.80. The highest BCUT2D eigenvalue weighted by molar-refractivity contribution is 7.99. The largest absolute Gasteiger partial charge is 0.325 e. The summed E-state index contributed by atoms with van der Waals surface area (Å²) in [5.74, 6) is -0.831. The van der Waals surface area contributed by atoms with Gasteiger partial charge in [0.15, 0.2) is 0 Å². The Morgan fingerprint density at radius 1 is 0.939 bits per heavy atom. The summed E-state index contributed by atoms with van der Waals surface area (Å²) in [6, 6.07) is 25.9. The van der Waals surface area contributed by atoms with E-state index in [0.29, 0.717) is 18.5 Å². The molecule has 3 aromatic carbocycles. The van der Waals surface area contributed by atoms with Crippen LogP contribution >= 0.6 is 11.8 Å². The standard InChI is InChI=1S/C26H25N3O3S/c1-2-17-26(19-11-5-3-6-12-19)24(31)29(25(32)28-26)18-23(30)27-21-15-9-10-16-22(21)33-20-13-7-4-8-14-20/h3-16H,2,17-18H2,1H3,(H,27,30)(H,28,32). The molecule has 3 aromatic rings. The Balaban J connectivity index is 1.50. The number of nitrogens with one attached hydrogen (secondary N) is 2. The van der Waals surface area contributed by atoms with E-state index in [1.165, 1.54) is 11.8 Å². The minimum Gasteiger partial charge on any atom is -0.323 e. The number of rotatable bonds is 8. The van der Waals surface area contributed by atoms with Crippen molar-refractivity contribution in [1.29, 1.82) is 0 Å². The van der Waals surface area contributed by atoms with E-state index >= 15 is 0 Å². The van der Waals surface area contributed by atoms with Gasteiger partial charge in [-0.2, -0.15) is 0 Å². The maximum atomic E-state index is 13.4. The number of para-hydroxylation sites is 1. The molecule has 168 valence electrons. The lowest BCUT2D eigenvalue weighted by molar-refractivity contribution is -0.134. The van der Waals surface area contributed by atoms with Crippen molar-refractivity contribution < 1.29 is 14.4 Å². The van der Waals surface area contributed by atoms with E-state index in [4.69, 9.17) is 0 Å². The Labute approximate surface area is 197 Å². The Bertz CT molecular complexity index is 1150. The minimum absolute atomic E-state index is 0.354. The van der Waals surface area contributed by atoms with E-state index in [-0.39, 0.29) is 6.54 Å². The molecular formula is C26H25N3O3S. The lowest BCUT2D eigenvalue weighted by Gasteiger charge is -2.26. The second kappa shape index (κ2) is 9.92. The van der Waals surface area contributed by atoms with Gasteiger partial charge in [-0.1, -0.05) is 85.8 Å². The van der Waals surface area contributed by atoms with Crippen LogP contribution in [0.5, 0.6) is 0 Å². The highest BCUT2D eigenvalue weighted by Crippen LogP contribution is 2.35. The van der Waals surface area contributed by atoms with Crippen LogP contribution in [-0.2, 0) is 15.1 Å². The molecule has 1 atom stereocenters. The summed E-state index contributed by atoms with van der Waals surface area (Å²) >= 11 is 1.53. The van der Waals surface area contributed by atoms with E-state index in [1.807, 2.05) is 85.8 Å². The molecule has 0 aromatic heterocycles. The third kappa shape index (κ3) is 4.78. The SMILES string of the molecule is CCCC1(c2ccccc2)NC(=O)N(CC(=O)Nc2ccccc2Sc2ccccc2)C1=O. The minimum atomic E-state index is -1.14. The molecule has 2 N–H and O–H groups in total. The summed E-state index contributed by atoms with van der Waals surface area (Å²) in [6.07, 6.45) is 1.15. The van der Waals surface area contributed by atoms with Crippen LogP contribution in [0.2, 0.25) is 0 Å². The summed E-state index contributed by atoms with van der Waals surface area (Å²) in [4.78, 5) is 41.9. The van der Waals surface area contributed by atoms with E-state index in [0.717, 1.165) is 20.3 Å². The maximum Gasteiger partial charge on any atom is 0.325 e. The van der Waals surface area contributed by atoms with Gasteiger partial charge in [0.1, 0.15) is 12.1 Å². The number of carbonyl (C=O) groups excluding carboxylic acids is 3. The fourth-order valence-corrected chi connectivity index (χ4v) is 4.91. The van der Waals surface area contributed by atoms with Crippen molar-refractivity contribution in [3.8, 4) is 0 Å². The van der Waals surface area contributed by atoms with E-state index in [1.54, 1.807) is 6.07 Å². The fourth-order valence-electron chi connectivity index (χ4n) is 3.98. The van der Waals surface area contributed by atoms with Crippen LogP contribution in [-0.4, -0.2) is 29.3 Å². The highest BCUT2D eigenvalue weighted by Gasteiger charge is 2.52. The van der Waals surface area contributed by atoms with Crippen molar-refractivity contribution >= 4 is 35.3 Å². The molecule has 33 heavy (non-hydrogen) atoms. The lowest BCUT2D eigenvalue weighted by atomic mass is 9.85. The number of carbonyl (C=O) groups is 3. The predicted octanol–water partition coefficient (Wildman–Crippen LogP) is 5.02. The Morgan fingerprint density at radius 3 is 2.27 bits per heavy atom. The number of hydrogen-bond acceptors (Lipinski definition) is 4. The Morgan fingerprint density at radius 2 is 1.58 bits per heavy atom. The van der Waals surface area contributed by atoms with E-state index in [9.17, 15) is 14.4 Å². The van der Waals surface area contributed by atoms with Crippen LogP contribution in [0.25, 0.3) is 0 Å². The molecule has 1 heterocycles. The summed E-state index contributed by atoms with van der Waals surface area (Å²) in [5.41, 5.74) is 0.207. The van der Waals surface area contributed by atoms with Gasteiger partial charge in [0.2, 0.25) is 5.91 Å². The lowest BCUT2D eigenvalue weighted by Crippen LogP contribution is -2.44. The fraction of sp³-hybridized carbons (Fsp3) is 0.192. The van der Waals surface area contributed by atoms with Crippen molar-refractivity contribution in [3.63, 3.8) is 0 Å². The topological polar surface area (TPSA) is 78.5 Å². The van der Waals surface area contributed by atoms with Gasteiger partial charge in [-0.3, -0.25) is 14.5 Å². The zero-order valence-electron chi connectivity index (χ0n) is 18.3. The molecule has 0 radical (unpaired) electrons. The third-order valence-electron chi connectivity index (χ3n) is 5.50. The van der Waals surface area contributed by atoms with Gasteiger partial charge >= 0.3 is 6.03 Å². The zero-order valence-corrected chi connectivity index (χ0v) is 19.1. The van der Waals surface area contributed by atoms with Crippen molar-refractivity contribution in [2.45, 2.75) is 35.1 Å². The predicted molar refractivity (Wildman–Crippen MR) is 129 cm³/mol. The van der Waals surface area contributed by atoms with Crippen LogP contribution in [0.4, 0.5) is 10.5 Å². The normalized spacial score (nSPS) is 17.7. The van der Waals surface area contributed by atoms with Crippen LogP contribution in [0.3, 0.4) is 0 Å².